The summed E-state index contributed by atoms with van der Waals surface area (Å²) in [6, 6.07) is 0. The van der Waals surface area contributed by atoms with Crippen LogP contribution < -0.4 is 0 Å². The molecule has 56 heavy (non-hydrogen) atoms. The minimum atomic E-state index is -6.79. The van der Waals surface area contributed by atoms with E-state index in [0.29, 0.717) is 28.2 Å². The molecule has 0 unspecified atom stereocenters. The fraction of sp³-hybridized carbons (Fsp3) is 1.00. The van der Waals surface area contributed by atoms with Crippen molar-refractivity contribution in [2.24, 2.45) is 9.03 Å². The Kier molecular flexibility index (Phi) is 16.6. The van der Waals surface area contributed by atoms with Crippen LogP contribution in [0.5, 0.6) is 0 Å². The number of nitrogens with zero attached hydrogens (tertiary/aromatic N) is 6. The first kappa shape index (κ1) is 56.1. The van der Waals surface area contributed by atoms with Crippen molar-refractivity contribution in [2.75, 3.05) is 28.2 Å². The van der Waals surface area contributed by atoms with Gasteiger partial charge in [0.15, 0.2) is 11.8 Å². The molecule has 0 bridgehead atoms. The summed E-state index contributed by atoms with van der Waals surface area (Å²) in [5.74, 6) is -17.3. The molecule has 2 rings (SSSR count). The van der Waals surface area contributed by atoms with Gasteiger partial charge in [0.05, 0.1) is 14.1 Å². The van der Waals surface area contributed by atoms with Crippen LogP contribution in [0.3, 0.4) is 0 Å². The maximum atomic E-state index is 12.8. The maximum absolute atomic E-state index is 12.8. The predicted octanol–water partition coefficient (Wildman–Crippen LogP) is 9.18. The second-order valence-electron chi connectivity index (χ2n) is 9.55. The summed E-state index contributed by atoms with van der Waals surface area (Å²) in [5.41, 5.74) is -24.9. The molecule has 48 heteroatoms. The highest BCUT2D eigenvalue weighted by atomic mass is 35.9. The monoisotopic (exact) mass is 1170 g/mol. The first-order chi connectivity index (χ1) is 23.9. The Bertz CT molecular complexity index is 2040. The van der Waals surface area contributed by atoms with Crippen molar-refractivity contribution >= 4 is 168 Å². The van der Waals surface area contributed by atoms with Gasteiger partial charge in [-0.25, -0.2) is 0 Å². The van der Waals surface area contributed by atoms with E-state index in [4.69, 9.17) is 89.9 Å². The zero-order chi connectivity index (χ0) is 45.6. The maximum Gasteiger partial charge on any atom is 0.659 e. The Balaban J connectivity index is 0.000000560. The number of hydrogen-bond donors (Lipinski definition) is 0. The predicted molar refractivity (Wildman–Crippen MR) is 183 cm³/mol. The number of hydrogen-bond acceptors (Lipinski definition) is 16. The van der Waals surface area contributed by atoms with Gasteiger partial charge in [0.1, 0.15) is 0 Å². The molecular weight excluding hydrogens is 1160 g/mol. The van der Waals surface area contributed by atoms with Gasteiger partial charge in [-0.1, -0.05) is 0 Å². The Hall–Kier alpha value is 2.09. The third kappa shape index (κ3) is 11.4. The van der Waals surface area contributed by atoms with Crippen LogP contribution in [0.15, 0.2) is 9.03 Å². The van der Waals surface area contributed by atoms with Gasteiger partial charge in [-0.15, -0.1) is 0 Å². The minimum Gasteiger partial charge on any atom is -0.370 e. The molecule has 2 aliphatic heterocycles. The van der Waals surface area contributed by atoms with E-state index in [1.165, 1.54) is 0 Å². The fourth-order valence-corrected chi connectivity index (χ4v) is 25.5. The lowest BCUT2D eigenvalue weighted by Crippen LogP contribution is -2.65. The average Bonchev–Trinajstić information content (AvgIpc) is 2.89. The van der Waals surface area contributed by atoms with Gasteiger partial charge in [0, 0.05) is 45.0 Å². The molecule has 0 radical (unpaired) electrons. The van der Waals surface area contributed by atoms with Gasteiger partial charge in [0.25, 0.3) is 0 Å². The van der Waals surface area contributed by atoms with Gasteiger partial charge in [-0.3, -0.25) is 9.16 Å². The van der Waals surface area contributed by atoms with Crippen molar-refractivity contribution in [2.45, 2.75) is 22.0 Å². The van der Waals surface area contributed by atoms with Crippen molar-refractivity contribution in [3.8, 4) is 0 Å². The van der Waals surface area contributed by atoms with Crippen molar-refractivity contribution in [3.05, 3.63) is 0 Å². The fourth-order valence-electron chi connectivity index (χ4n) is 3.11. The molecule has 0 N–H and O–H groups in total. The minimum absolute atomic E-state index is 0.0638. The zero-order valence-corrected chi connectivity index (χ0v) is 38.6. The van der Waals surface area contributed by atoms with Crippen LogP contribution in [0.25, 0.3) is 0 Å². The summed E-state index contributed by atoms with van der Waals surface area (Å²) in [5, 5.41) is 0. The molecule has 0 spiro atoms. The van der Waals surface area contributed by atoms with Crippen molar-refractivity contribution in [3.63, 3.8) is 0 Å². The second-order valence-corrected chi connectivity index (χ2v) is 36.8. The molecule has 0 amide bonds. The largest absolute Gasteiger partial charge is 0.659 e. The van der Waals surface area contributed by atoms with Crippen molar-refractivity contribution in [1.82, 2.24) is 9.16 Å². The lowest BCUT2D eigenvalue weighted by Gasteiger charge is -2.45. The summed E-state index contributed by atoms with van der Waals surface area (Å²) in [7, 11) is -25.2. The van der Waals surface area contributed by atoms with E-state index in [9.17, 15) is 86.4 Å². The highest BCUT2D eigenvalue weighted by Gasteiger charge is 2.69. The third-order valence-corrected chi connectivity index (χ3v) is 28.5. The van der Waals surface area contributed by atoms with Gasteiger partial charge in [-0.2, -0.15) is 95.4 Å². The van der Waals surface area contributed by atoms with Crippen LogP contribution in [-0.2, 0) is 56.9 Å². The Labute approximate surface area is 345 Å². The Morgan fingerprint density at radius 3 is 0.768 bits per heavy atom. The smallest absolute Gasteiger partial charge is 0.370 e. The average molecular weight is 1170 g/mol. The molecule has 0 saturated carbocycles. The molecule has 336 valence electrons. The first-order valence-corrected chi connectivity index (χ1v) is 31.5. The van der Waals surface area contributed by atoms with Crippen LogP contribution in [0.4, 0.5) is 52.7 Å². The van der Waals surface area contributed by atoms with Gasteiger partial charge in [-0.05, 0) is 59.1 Å². The topological polar surface area (TPSA) is 211 Å². The first-order valence-electron chi connectivity index (χ1n) is 11.8. The van der Waals surface area contributed by atoms with E-state index >= 15 is 0 Å². The highest BCUT2D eigenvalue weighted by Crippen LogP contribution is 2.80. The van der Waals surface area contributed by atoms with Crippen molar-refractivity contribution < 1.29 is 111 Å². The Morgan fingerprint density at radius 1 is 0.464 bits per heavy atom. The van der Waals surface area contributed by atoms with Crippen LogP contribution >= 0.6 is 114 Å². The Morgan fingerprint density at radius 2 is 0.625 bits per heavy atom. The summed E-state index contributed by atoms with van der Waals surface area (Å²) in [6.07, 6.45) is 0. The summed E-state index contributed by atoms with van der Waals surface area (Å²) < 4.78 is 266. The van der Waals surface area contributed by atoms with Crippen LogP contribution in [0.2, 0.25) is 0 Å². The SMILES string of the molecule is CN1[B-](OS(=O)(=O)C(F)(F)F)(OS(=O)(=O)C(F)(F)F)[N+](C)=P(Cl)(Cl)N=P1(Cl)Cl.CN1[B-](OS(=O)(=O)C(F)(F)F)(OS(=O)(=O)C(F)(F)F)[N+](C)=P(Cl)(Cl)N=P1(Cl)Cl. The lowest BCUT2D eigenvalue weighted by atomic mass is 9.92. The summed E-state index contributed by atoms with van der Waals surface area (Å²) in [4.78, 5) is 0. The molecule has 2 heterocycles. The summed E-state index contributed by atoms with van der Waals surface area (Å²) >= 11 is 45.7. The lowest BCUT2D eigenvalue weighted by molar-refractivity contribution is -0.383. The number of halogens is 20. The molecule has 0 saturated heterocycles. The highest BCUT2D eigenvalue weighted by molar-refractivity contribution is 8.18. The van der Waals surface area contributed by atoms with Crippen LogP contribution in [0, 0.1) is 0 Å². The van der Waals surface area contributed by atoms with Crippen molar-refractivity contribution in [1.29, 1.82) is 0 Å². The molecule has 2 aliphatic rings. The summed E-state index contributed by atoms with van der Waals surface area (Å²) in [6.45, 7) is -10.0. The molecular formula is C8H12B2Cl8F12N6O12P4S4. The van der Waals surface area contributed by atoms with E-state index in [2.05, 4.69) is 25.4 Å². The number of rotatable bonds is 8. The van der Waals surface area contributed by atoms with Gasteiger partial charge in [0.2, 0.25) is 0 Å². The van der Waals surface area contributed by atoms with E-state index in [1.807, 2.05) is 0 Å². The molecule has 0 aromatic heterocycles. The second kappa shape index (κ2) is 16.6. The molecule has 18 nitrogen and oxygen atoms in total. The van der Waals surface area contributed by atoms with Gasteiger partial charge >= 0.3 is 88.0 Å². The van der Waals surface area contributed by atoms with E-state index < -0.39 is 99.8 Å². The van der Waals surface area contributed by atoms with E-state index in [-0.39, 0.29) is 17.6 Å². The normalized spacial score (nSPS) is 23.4. The molecule has 0 aromatic carbocycles. The zero-order valence-electron chi connectivity index (χ0n) is 25.7. The quantitative estimate of drug-likeness (QED) is 0.0960. The standard InChI is InChI=1S/2C4H6BCl4F6N3O6P2S2/c2*1-17-5(23-27(19,20)3(10,11)12,24-28(21,22)4(13,14)15)18(2)26(8,9)16-25(17,6)7/h2*1-2H3. The molecule has 0 fully saturated rings. The number of alkyl halides is 12. The molecule has 0 aromatic rings. The molecule has 0 aliphatic carbocycles. The van der Waals surface area contributed by atoms with E-state index in [0.717, 1.165) is 0 Å². The van der Waals surface area contributed by atoms with E-state index in [1.54, 1.807) is 0 Å². The van der Waals surface area contributed by atoms with Gasteiger partial charge < -0.3 is 24.9 Å². The molecule has 0 atom stereocenters. The van der Waals surface area contributed by atoms with Crippen LogP contribution in [0.1, 0.15) is 0 Å². The third-order valence-electron chi connectivity index (χ3n) is 5.98. The van der Waals surface area contributed by atoms with Crippen LogP contribution in [-0.4, -0.2) is 115 Å².